The van der Waals surface area contributed by atoms with Gasteiger partial charge in [0.15, 0.2) is 0 Å². The van der Waals surface area contributed by atoms with Crippen molar-refractivity contribution in [1.29, 1.82) is 0 Å². The van der Waals surface area contributed by atoms with Crippen molar-refractivity contribution in [3.63, 3.8) is 0 Å². The van der Waals surface area contributed by atoms with Gasteiger partial charge in [-0.25, -0.2) is 13.1 Å². The lowest BCUT2D eigenvalue weighted by molar-refractivity contribution is 0.265. The van der Waals surface area contributed by atoms with Gasteiger partial charge in [-0.2, -0.15) is 0 Å². The molecule has 0 saturated carbocycles. The van der Waals surface area contributed by atoms with Gasteiger partial charge >= 0.3 is 0 Å². The van der Waals surface area contributed by atoms with E-state index in [4.69, 9.17) is 10.8 Å². The number of benzene rings is 1. The van der Waals surface area contributed by atoms with Crippen LogP contribution in [0.4, 0.5) is 5.69 Å². The summed E-state index contributed by atoms with van der Waals surface area (Å²) in [5.41, 5.74) is 6.70. The molecular weight excluding hydrogens is 228 g/mol. The molecule has 1 rings (SSSR count). The van der Waals surface area contributed by atoms with Gasteiger partial charge in [-0.3, -0.25) is 0 Å². The van der Waals surface area contributed by atoms with Gasteiger partial charge < -0.3 is 10.8 Å². The SMILES string of the molecule is CC(CO)NS(=O)(=O)Cc1cccc(N)c1. The van der Waals surface area contributed by atoms with Crippen molar-refractivity contribution in [2.24, 2.45) is 0 Å². The predicted octanol–water partition coefficient (Wildman–Crippen LogP) is 0.0690. The topological polar surface area (TPSA) is 92.4 Å². The summed E-state index contributed by atoms with van der Waals surface area (Å²) in [4.78, 5) is 0. The smallest absolute Gasteiger partial charge is 0.216 e. The number of nitrogens with two attached hydrogens (primary N) is 1. The quantitative estimate of drug-likeness (QED) is 0.639. The van der Waals surface area contributed by atoms with Crippen molar-refractivity contribution in [3.05, 3.63) is 29.8 Å². The second-order valence-corrected chi connectivity index (χ2v) is 5.46. The largest absolute Gasteiger partial charge is 0.399 e. The monoisotopic (exact) mass is 244 g/mol. The van der Waals surface area contributed by atoms with E-state index in [9.17, 15) is 8.42 Å². The number of anilines is 1. The number of aliphatic hydroxyl groups is 1. The number of sulfonamides is 1. The average molecular weight is 244 g/mol. The summed E-state index contributed by atoms with van der Waals surface area (Å²) >= 11 is 0. The van der Waals surface area contributed by atoms with Gasteiger partial charge in [-0.15, -0.1) is 0 Å². The molecule has 0 radical (unpaired) electrons. The maximum absolute atomic E-state index is 11.6. The van der Waals surface area contributed by atoms with E-state index in [1.807, 2.05) is 0 Å². The zero-order valence-electron chi connectivity index (χ0n) is 9.05. The van der Waals surface area contributed by atoms with Crippen LogP contribution in [0.25, 0.3) is 0 Å². The van der Waals surface area contributed by atoms with Crippen LogP contribution in [0.2, 0.25) is 0 Å². The molecule has 0 bridgehead atoms. The van der Waals surface area contributed by atoms with Crippen LogP contribution in [0, 0.1) is 0 Å². The minimum Gasteiger partial charge on any atom is -0.399 e. The number of hydrogen-bond donors (Lipinski definition) is 3. The summed E-state index contributed by atoms with van der Waals surface area (Å²) in [5.74, 6) is -0.137. The van der Waals surface area contributed by atoms with Crippen LogP contribution in [-0.2, 0) is 15.8 Å². The lowest BCUT2D eigenvalue weighted by atomic mass is 10.2. The third-order valence-corrected chi connectivity index (χ3v) is 3.44. The summed E-state index contributed by atoms with van der Waals surface area (Å²) in [7, 11) is -3.43. The predicted molar refractivity (Wildman–Crippen MR) is 63.2 cm³/mol. The molecule has 0 aliphatic heterocycles. The molecule has 0 saturated heterocycles. The number of aliphatic hydroxyl groups excluding tert-OH is 1. The van der Waals surface area contributed by atoms with Crippen molar-refractivity contribution >= 4 is 15.7 Å². The fraction of sp³-hybridized carbons (Fsp3) is 0.400. The van der Waals surface area contributed by atoms with Crippen LogP contribution in [0.5, 0.6) is 0 Å². The fourth-order valence-corrected chi connectivity index (χ4v) is 2.68. The lowest BCUT2D eigenvalue weighted by Crippen LogP contribution is -2.35. The zero-order valence-corrected chi connectivity index (χ0v) is 9.87. The summed E-state index contributed by atoms with van der Waals surface area (Å²) in [6.45, 7) is 1.37. The van der Waals surface area contributed by atoms with E-state index in [0.29, 0.717) is 11.3 Å². The van der Waals surface area contributed by atoms with E-state index in [2.05, 4.69) is 4.72 Å². The maximum Gasteiger partial charge on any atom is 0.216 e. The second kappa shape index (κ2) is 5.29. The highest BCUT2D eigenvalue weighted by Crippen LogP contribution is 2.09. The fourth-order valence-electron chi connectivity index (χ4n) is 1.29. The Bertz CT molecular complexity index is 445. The van der Waals surface area contributed by atoms with Crippen LogP contribution in [-0.4, -0.2) is 26.2 Å². The number of nitrogen functional groups attached to an aromatic ring is 1. The molecule has 0 aliphatic carbocycles. The van der Waals surface area contributed by atoms with Crippen LogP contribution < -0.4 is 10.5 Å². The first-order valence-electron chi connectivity index (χ1n) is 4.88. The molecule has 16 heavy (non-hydrogen) atoms. The Morgan fingerprint density at radius 1 is 1.50 bits per heavy atom. The Kier molecular flexibility index (Phi) is 4.28. The lowest BCUT2D eigenvalue weighted by Gasteiger charge is -2.11. The molecular formula is C10H16N2O3S. The molecule has 5 nitrogen and oxygen atoms in total. The van der Waals surface area contributed by atoms with Crippen molar-refractivity contribution in [3.8, 4) is 0 Å². The molecule has 1 aromatic rings. The summed E-state index contributed by atoms with van der Waals surface area (Å²) < 4.78 is 25.6. The number of rotatable bonds is 5. The highest BCUT2D eigenvalue weighted by molar-refractivity contribution is 7.88. The zero-order chi connectivity index (χ0) is 12.2. The Balaban J connectivity index is 2.73. The summed E-state index contributed by atoms with van der Waals surface area (Å²) in [6.07, 6.45) is 0. The van der Waals surface area contributed by atoms with E-state index >= 15 is 0 Å². The van der Waals surface area contributed by atoms with Gasteiger partial charge in [0.1, 0.15) is 0 Å². The van der Waals surface area contributed by atoms with Crippen LogP contribution in [0.3, 0.4) is 0 Å². The van der Waals surface area contributed by atoms with Gasteiger partial charge in [0.05, 0.1) is 12.4 Å². The normalized spacial score (nSPS) is 13.6. The third kappa shape index (κ3) is 4.18. The Morgan fingerprint density at radius 2 is 2.19 bits per heavy atom. The van der Waals surface area contributed by atoms with Gasteiger partial charge in [0, 0.05) is 11.7 Å². The molecule has 6 heteroatoms. The van der Waals surface area contributed by atoms with E-state index in [1.54, 1.807) is 31.2 Å². The van der Waals surface area contributed by atoms with Crippen molar-refractivity contribution in [2.75, 3.05) is 12.3 Å². The minimum absolute atomic E-state index is 0.137. The van der Waals surface area contributed by atoms with Gasteiger partial charge in [0.2, 0.25) is 10.0 Å². The second-order valence-electron chi connectivity index (χ2n) is 3.71. The van der Waals surface area contributed by atoms with Crippen molar-refractivity contribution < 1.29 is 13.5 Å². The molecule has 90 valence electrons. The summed E-state index contributed by atoms with van der Waals surface area (Å²) in [5, 5.41) is 8.76. The van der Waals surface area contributed by atoms with Gasteiger partial charge in [-0.1, -0.05) is 12.1 Å². The molecule has 1 atom stereocenters. The molecule has 0 fully saturated rings. The molecule has 0 aliphatic rings. The van der Waals surface area contributed by atoms with Gasteiger partial charge in [0.25, 0.3) is 0 Å². The molecule has 1 aromatic carbocycles. The first-order valence-corrected chi connectivity index (χ1v) is 6.53. The third-order valence-electron chi connectivity index (χ3n) is 1.96. The van der Waals surface area contributed by atoms with E-state index in [1.165, 1.54) is 0 Å². The van der Waals surface area contributed by atoms with E-state index in [0.717, 1.165) is 0 Å². The Hall–Kier alpha value is -1.11. The first-order chi connectivity index (χ1) is 7.43. The first kappa shape index (κ1) is 13.0. The van der Waals surface area contributed by atoms with Crippen LogP contribution >= 0.6 is 0 Å². The molecule has 4 N–H and O–H groups in total. The molecule has 0 amide bonds. The van der Waals surface area contributed by atoms with Gasteiger partial charge in [-0.05, 0) is 24.6 Å². The Labute approximate surface area is 95.3 Å². The van der Waals surface area contributed by atoms with Crippen molar-refractivity contribution in [1.82, 2.24) is 4.72 Å². The standard InChI is InChI=1S/C10H16N2O3S/c1-8(6-13)12-16(14,15)7-9-3-2-4-10(11)5-9/h2-5,8,12-13H,6-7,11H2,1H3. The van der Waals surface area contributed by atoms with Crippen LogP contribution in [0.1, 0.15) is 12.5 Å². The highest BCUT2D eigenvalue weighted by atomic mass is 32.2. The molecule has 0 aromatic heterocycles. The molecule has 1 unspecified atom stereocenters. The molecule has 0 spiro atoms. The van der Waals surface area contributed by atoms with Crippen molar-refractivity contribution in [2.45, 2.75) is 18.7 Å². The number of nitrogens with one attached hydrogen (secondary N) is 1. The van der Waals surface area contributed by atoms with Crippen LogP contribution in [0.15, 0.2) is 24.3 Å². The average Bonchev–Trinajstić information content (AvgIpc) is 2.15. The highest BCUT2D eigenvalue weighted by Gasteiger charge is 2.14. The number of hydrogen-bond acceptors (Lipinski definition) is 4. The Morgan fingerprint density at radius 3 is 2.75 bits per heavy atom. The summed E-state index contributed by atoms with van der Waals surface area (Å²) in [6, 6.07) is 6.23. The minimum atomic E-state index is -3.43. The maximum atomic E-state index is 11.6. The molecule has 0 heterocycles. The van der Waals surface area contributed by atoms with E-state index in [-0.39, 0.29) is 12.4 Å². The van der Waals surface area contributed by atoms with E-state index < -0.39 is 16.1 Å².